The number of benzene rings is 2. The van der Waals surface area contributed by atoms with E-state index in [1.807, 2.05) is 0 Å². The summed E-state index contributed by atoms with van der Waals surface area (Å²) in [5, 5.41) is 13.8. The zero-order chi connectivity index (χ0) is 18.6. The number of rotatable bonds is 7. The summed E-state index contributed by atoms with van der Waals surface area (Å²) in [4.78, 5) is 22.7. The number of carbonyl (C=O) groups excluding carboxylic acids is 1. The summed E-state index contributed by atoms with van der Waals surface area (Å²) < 4.78 is 11.3. The highest BCUT2D eigenvalue weighted by atomic mass is 79.9. The smallest absolute Gasteiger partial charge is 0.271 e. The van der Waals surface area contributed by atoms with Gasteiger partial charge in [0, 0.05) is 26.6 Å². The van der Waals surface area contributed by atoms with Crippen LogP contribution in [0.1, 0.15) is 10.4 Å². The molecule has 0 aliphatic rings. The van der Waals surface area contributed by atoms with Gasteiger partial charge in [0.05, 0.1) is 31.4 Å². The van der Waals surface area contributed by atoms with E-state index in [4.69, 9.17) is 9.47 Å². The Morgan fingerprint density at radius 3 is 2.24 bits per heavy atom. The molecule has 2 aromatic carbocycles. The monoisotopic (exact) mass is 472 g/mol. The summed E-state index contributed by atoms with van der Waals surface area (Å²) in [6.45, 7) is 0.00446. The zero-order valence-corrected chi connectivity index (χ0v) is 16.5. The molecule has 0 atom stereocenters. The van der Waals surface area contributed by atoms with Crippen molar-refractivity contribution < 1.29 is 19.2 Å². The van der Waals surface area contributed by atoms with Crippen LogP contribution in [0.25, 0.3) is 0 Å². The predicted octanol–water partition coefficient (Wildman–Crippen LogP) is 4.43. The minimum absolute atomic E-state index is 0.00446. The number of hydrogen-bond donors (Lipinski definition) is 1. The van der Waals surface area contributed by atoms with Crippen LogP contribution in [-0.2, 0) is 0 Å². The van der Waals surface area contributed by atoms with Crippen molar-refractivity contribution in [2.45, 2.75) is 0 Å². The van der Waals surface area contributed by atoms with Gasteiger partial charge in [-0.05, 0) is 50.1 Å². The third-order valence-electron chi connectivity index (χ3n) is 3.37. The van der Waals surface area contributed by atoms with Crippen LogP contribution >= 0.6 is 31.9 Å². The topological polar surface area (TPSA) is 90.7 Å². The fourth-order valence-corrected chi connectivity index (χ4v) is 3.56. The van der Waals surface area contributed by atoms with Gasteiger partial charge >= 0.3 is 0 Å². The normalized spacial score (nSPS) is 10.2. The van der Waals surface area contributed by atoms with Gasteiger partial charge in [-0.15, -0.1) is 0 Å². The molecule has 1 N–H and O–H groups in total. The molecule has 0 aliphatic carbocycles. The fraction of sp³-hybridized carbons (Fsp3) is 0.188. The molecule has 2 aromatic rings. The van der Waals surface area contributed by atoms with Gasteiger partial charge in [0.15, 0.2) is 17.3 Å². The van der Waals surface area contributed by atoms with Crippen LogP contribution in [-0.4, -0.2) is 31.5 Å². The second-order valence-electron chi connectivity index (χ2n) is 4.89. The number of ketones is 1. The average molecular weight is 474 g/mol. The lowest BCUT2D eigenvalue weighted by atomic mass is 10.1. The lowest BCUT2D eigenvalue weighted by molar-refractivity contribution is -0.385. The number of nitrogens with zero attached hydrogens (tertiary/aromatic N) is 1. The van der Waals surface area contributed by atoms with Crippen LogP contribution in [0.15, 0.2) is 39.3 Å². The highest BCUT2D eigenvalue weighted by molar-refractivity contribution is 9.11. The quantitative estimate of drug-likeness (QED) is 0.363. The zero-order valence-electron chi connectivity index (χ0n) is 13.3. The molecule has 0 radical (unpaired) electrons. The Balaban J connectivity index is 2.16. The third kappa shape index (κ3) is 4.49. The molecule has 0 spiro atoms. The van der Waals surface area contributed by atoms with E-state index in [0.29, 0.717) is 31.7 Å². The van der Waals surface area contributed by atoms with E-state index >= 15 is 0 Å². The van der Waals surface area contributed by atoms with Crippen LogP contribution in [0.4, 0.5) is 11.4 Å². The van der Waals surface area contributed by atoms with E-state index in [1.54, 1.807) is 18.2 Å². The van der Waals surface area contributed by atoms with Gasteiger partial charge in [-0.25, -0.2) is 0 Å². The first-order valence-electron chi connectivity index (χ1n) is 7.00. The number of methoxy groups -OCH3 is 2. The number of carbonyl (C=O) groups is 1. The summed E-state index contributed by atoms with van der Waals surface area (Å²) in [5.74, 6) is 0.831. The van der Waals surface area contributed by atoms with Crippen molar-refractivity contribution in [3.05, 3.63) is 55.0 Å². The molecule has 7 nitrogen and oxygen atoms in total. The summed E-state index contributed by atoms with van der Waals surface area (Å²) in [6.07, 6.45) is 0. The average Bonchev–Trinajstić information content (AvgIpc) is 2.59. The molecule has 0 saturated heterocycles. The molecular weight excluding hydrogens is 460 g/mol. The number of nitro groups is 1. The van der Waals surface area contributed by atoms with Gasteiger partial charge in [0.25, 0.3) is 5.69 Å². The van der Waals surface area contributed by atoms with E-state index in [1.165, 1.54) is 26.4 Å². The van der Waals surface area contributed by atoms with Gasteiger partial charge in [-0.1, -0.05) is 0 Å². The SMILES string of the molecule is COc1ccc(C(=O)CNc2c(Br)cc([N+](=O)[O-])cc2Br)cc1OC. The molecular formula is C16H14Br2N2O5. The summed E-state index contributed by atoms with van der Waals surface area (Å²) in [6, 6.07) is 7.64. The molecule has 0 heterocycles. The number of non-ortho nitro benzene ring substituents is 1. The highest BCUT2D eigenvalue weighted by Gasteiger charge is 2.16. The lowest BCUT2D eigenvalue weighted by Gasteiger charge is -2.12. The van der Waals surface area contributed by atoms with Gasteiger partial charge < -0.3 is 14.8 Å². The highest BCUT2D eigenvalue weighted by Crippen LogP contribution is 2.35. The van der Waals surface area contributed by atoms with Crippen LogP contribution in [0.2, 0.25) is 0 Å². The minimum atomic E-state index is -0.492. The second-order valence-corrected chi connectivity index (χ2v) is 6.60. The van der Waals surface area contributed by atoms with Gasteiger partial charge in [0.2, 0.25) is 0 Å². The first-order chi connectivity index (χ1) is 11.9. The lowest BCUT2D eigenvalue weighted by Crippen LogP contribution is -2.15. The molecule has 0 fully saturated rings. The van der Waals surface area contributed by atoms with Crippen molar-refractivity contribution in [2.24, 2.45) is 0 Å². The van der Waals surface area contributed by atoms with Gasteiger partial charge in [-0.3, -0.25) is 14.9 Å². The van der Waals surface area contributed by atoms with Crippen molar-refractivity contribution in [3.63, 3.8) is 0 Å². The van der Waals surface area contributed by atoms with Crippen molar-refractivity contribution in [1.29, 1.82) is 0 Å². The maximum atomic E-state index is 12.4. The molecule has 9 heteroatoms. The molecule has 0 amide bonds. The largest absolute Gasteiger partial charge is 0.493 e. The summed E-state index contributed by atoms with van der Waals surface area (Å²) >= 11 is 6.54. The number of hydrogen-bond acceptors (Lipinski definition) is 6. The number of ether oxygens (including phenoxy) is 2. The maximum Gasteiger partial charge on any atom is 0.271 e. The Hall–Kier alpha value is -2.13. The first-order valence-corrected chi connectivity index (χ1v) is 8.58. The third-order valence-corrected chi connectivity index (χ3v) is 4.62. The Bertz CT molecular complexity index is 803. The Kier molecular flexibility index (Phi) is 6.38. The number of Topliss-reactive ketones (excluding diaryl/α,β-unsaturated/α-hetero) is 1. The molecule has 0 aromatic heterocycles. The number of anilines is 1. The molecule has 132 valence electrons. The van der Waals surface area contributed by atoms with E-state index in [0.717, 1.165) is 0 Å². The molecule has 2 rings (SSSR count). The van der Waals surface area contributed by atoms with Crippen molar-refractivity contribution >= 4 is 49.0 Å². The number of halogens is 2. The van der Waals surface area contributed by atoms with Crippen molar-refractivity contribution in [2.75, 3.05) is 26.1 Å². The number of nitro benzene ring substituents is 1. The van der Waals surface area contributed by atoms with Crippen LogP contribution in [0.3, 0.4) is 0 Å². The molecule has 0 saturated carbocycles. The van der Waals surface area contributed by atoms with E-state index in [9.17, 15) is 14.9 Å². The fourth-order valence-electron chi connectivity index (χ4n) is 2.11. The number of nitrogens with one attached hydrogen (secondary N) is 1. The Morgan fingerprint density at radius 1 is 1.12 bits per heavy atom. The molecule has 0 bridgehead atoms. The van der Waals surface area contributed by atoms with E-state index in [-0.39, 0.29) is 18.0 Å². The van der Waals surface area contributed by atoms with Gasteiger partial charge in [0.1, 0.15) is 0 Å². The van der Waals surface area contributed by atoms with Crippen LogP contribution in [0.5, 0.6) is 11.5 Å². The summed E-state index contributed by atoms with van der Waals surface area (Å²) in [5.41, 5.74) is 0.953. The first kappa shape index (κ1) is 19.2. The predicted molar refractivity (Wildman–Crippen MR) is 101 cm³/mol. The Labute approximate surface area is 160 Å². The van der Waals surface area contributed by atoms with Crippen LogP contribution in [0, 0.1) is 10.1 Å². The van der Waals surface area contributed by atoms with E-state index in [2.05, 4.69) is 37.2 Å². The minimum Gasteiger partial charge on any atom is -0.493 e. The van der Waals surface area contributed by atoms with Gasteiger partial charge in [-0.2, -0.15) is 0 Å². The molecule has 25 heavy (non-hydrogen) atoms. The van der Waals surface area contributed by atoms with Crippen molar-refractivity contribution in [3.8, 4) is 11.5 Å². The van der Waals surface area contributed by atoms with Crippen LogP contribution < -0.4 is 14.8 Å². The van der Waals surface area contributed by atoms with Crippen molar-refractivity contribution in [1.82, 2.24) is 0 Å². The van der Waals surface area contributed by atoms with E-state index < -0.39 is 4.92 Å². The molecule has 0 unspecified atom stereocenters. The standard InChI is InChI=1S/C16H14Br2N2O5/c1-24-14-4-3-9(5-15(14)25-2)13(21)8-19-16-11(17)6-10(20(22)23)7-12(16)18/h3-7,19H,8H2,1-2H3. The maximum absolute atomic E-state index is 12.4. The Morgan fingerprint density at radius 2 is 1.72 bits per heavy atom. The summed E-state index contributed by atoms with van der Waals surface area (Å²) in [7, 11) is 3.01. The second kappa shape index (κ2) is 8.30. The molecule has 0 aliphatic heterocycles.